The molecule has 246 valence electrons. The fraction of sp³-hybridized carbons (Fsp3) is 0.156. The van der Waals surface area contributed by atoms with Crippen LogP contribution in [0.25, 0.3) is 21.6 Å². The molecule has 0 unspecified atom stereocenters. The molecule has 4 heterocycles. The number of aromatic nitrogens is 3. The van der Waals surface area contributed by atoms with Gasteiger partial charge in [0.25, 0.3) is 0 Å². The molecule has 1 saturated heterocycles. The number of rotatable bonds is 7. The molecule has 3 amide bonds. The molecule has 1 aliphatic heterocycles. The van der Waals surface area contributed by atoms with E-state index in [1.54, 1.807) is 23.2 Å². The molecular formula is C32H22F6N6O3S. The fourth-order valence-corrected chi connectivity index (χ4v) is 5.74. The molecule has 2 aromatic carbocycles. The number of hydrogen-bond acceptors (Lipinski definition) is 7. The van der Waals surface area contributed by atoms with Crippen molar-refractivity contribution >= 4 is 39.8 Å². The van der Waals surface area contributed by atoms with Gasteiger partial charge in [-0.15, -0.1) is 0 Å². The average Bonchev–Trinajstić information content (AvgIpc) is 3.71. The van der Waals surface area contributed by atoms with Crippen LogP contribution >= 0.6 is 11.3 Å². The summed E-state index contributed by atoms with van der Waals surface area (Å²) in [5, 5.41) is 5.44. The number of amides is 3. The number of pyridine rings is 2. The molecule has 0 bridgehead atoms. The molecule has 6 rings (SSSR count). The Hall–Kier alpha value is -5.51. The van der Waals surface area contributed by atoms with Gasteiger partial charge in [0.1, 0.15) is 11.4 Å². The topological polar surface area (TPSA) is 109 Å². The van der Waals surface area contributed by atoms with Gasteiger partial charge in [-0.25, -0.2) is 14.8 Å². The molecule has 0 saturated carbocycles. The van der Waals surface area contributed by atoms with Crippen LogP contribution in [0.5, 0.6) is 11.6 Å². The second kappa shape index (κ2) is 12.9. The first kappa shape index (κ1) is 32.4. The summed E-state index contributed by atoms with van der Waals surface area (Å²) in [4.78, 5) is 39.2. The third-order valence-electron chi connectivity index (χ3n) is 7.11. The Morgan fingerprint density at radius 2 is 1.58 bits per heavy atom. The Balaban J connectivity index is 1.10. The number of halogens is 6. The number of anilines is 3. The van der Waals surface area contributed by atoms with E-state index in [0.29, 0.717) is 36.0 Å². The lowest BCUT2D eigenvalue weighted by Gasteiger charge is -2.16. The zero-order valence-corrected chi connectivity index (χ0v) is 25.2. The Morgan fingerprint density at radius 3 is 2.21 bits per heavy atom. The highest BCUT2D eigenvalue weighted by Gasteiger charge is 2.33. The van der Waals surface area contributed by atoms with Gasteiger partial charge >= 0.3 is 18.4 Å². The maximum absolute atomic E-state index is 13.4. The molecule has 5 aromatic rings. The highest BCUT2D eigenvalue weighted by molar-refractivity contribution is 7.19. The van der Waals surface area contributed by atoms with Gasteiger partial charge in [0, 0.05) is 42.6 Å². The van der Waals surface area contributed by atoms with Gasteiger partial charge in [-0.05, 0) is 60.5 Å². The number of thiazole rings is 1. The Labute approximate surface area is 272 Å². The van der Waals surface area contributed by atoms with Crippen molar-refractivity contribution in [3.8, 4) is 33.2 Å². The van der Waals surface area contributed by atoms with E-state index in [-0.39, 0.29) is 34.3 Å². The number of urea groups is 1. The minimum absolute atomic E-state index is 0.0183. The van der Waals surface area contributed by atoms with Crippen molar-refractivity contribution in [1.29, 1.82) is 0 Å². The van der Waals surface area contributed by atoms with E-state index in [2.05, 4.69) is 25.6 Å². The fourth-order valence-electron chi connectivity index (χ4n) is 4.78. The van der Waals surface area contributed by atoms with Crippen LogP contribution in [0, 0.1) is 0 Å². The number of nitrogens with one attached hydrogen (secondary N) is 2. The third kappa shape index (κ3) is 7.38. The SMILES string of the molecule is O=C(Nc1ccc(Oc2ccc(-c3cnc(N4CCCC4=O)s3)cc2)nc1)Nc1cc(C(F)(F)F)ccc1-c1ccc(C(F)(F)F)nc1. The quantitative estimate of drug-likeness (QED) is 0.166. The molecule has 1 aliphatic rings. The van der Waals surface area contributed by atoms with Crippen LogP contribution in [0.2, 0.25) is 0 Å². The molecular weight excluding hydrogens is 662 g/mol. The van der Waals surface area contributed by atoms with Gasteiger partial charge in [0.05, 0.1) is 28.0 Å². The summed E-state index contributed by atoms with van der Waals surface area (Å²) in [5.41, 5.74) is -1.42. The van der Waals surface area contributed by atoms with E-state index in [9.17, 15) is 35.9 Å². The number of nitrogens with zero attached hydrogens (tertiary/aromatic N) is 4. The number of alkyl halides is 6. The molecule has 9 nitrogen and oxygen atoms in total. The van der Waals surface area contributed by atoms with Crippen LogP contribution in [0.1, 0.15) is 24.1 Å². The number of ether oxygens (including phenoxy) is 1. The van der Waals surface area contributed by atoms with Gasteiger partial charge < -0.3 is 15.4 Å². The maximum atomic E-state index is 13.4. The smallest absolute Gasteiger partial charge is 0.433 e. The Bertz CT molecular complexity index is 1950. The summed E-state index contributed by atoms with van der Waals surface area (Å²) in [7, 11) is 0. The molecule has 0 atom stereocenters. The van der Waals surface area contributed by atoms with Gasteiger partial charge in [0.2, 0.25) is 11.8 Å². The highest BCUT2D eigenvalue weighted by Crippen LogP contribution is 2.37. The molecule has 0 aliphatic carbocycles. The zero-order chi connectivity index (χ0) is 34.1. The normalized spacial score (nSPS) is 13.5. The van der Waals surface area contributed by atoms with Gasteiger partial charge in [-0.2, -0.15) is 26.3 Å². The first-order chi connectivity index (χ1) is 22.8. The summed E-state index contributed by atoms with van der Waals surface area (Å²) < 4.78 is 84.9. The minimum atomic E-state index is -4.75. The van der Waals surface area contributed by atoms with E-state index >= 15 is 0 Å². The van der Waals surface area contributed by atoms with Crippen molar-refractivity contribution in [3.05, 3.63) is 96.6 Å². The monoisotopic (exact) mass is 684 g/mol. The van der Waals surface area contributed by atoms with Crippen molar-refractivity contribution in [2.75, 3.05) is 22.1 Å². The van der Waals surface area contributed by atoms with Crippen molar-refractivity contribution in [3.63, 3.8) is 0 Å². The molecule has 3 aromatic heterocycles. The van der Waals surface area contributed by atoms with E-state index in [1.807, 2.05) is 12.1 Å². The lowest BCUT2D eigenvalue weighted by Crippen LogP contribution is -2.23. The lowest BCUT2D eigenvalue weighted by atomic mass is 10.0. The number of benzene rings is 2. The summed E-state index contributed by atoms with van der Waals surface area (Å²) in [5.74, 6) is 0.726. The second-order valence-corrected chi connectivity index (χ2v) is 11.4. The van der Waals surface area contributed by atoms with E-state index < -0.39 is 29.6 Å². The van der Waals surface area contributed by atoms with Crippen LogP contribution < -0.4 is 20.3 Å². The molecule has 16 heteroatoms. The van der Waals surface area contributed by atoms with E-state index in [4.69, 9.17) is 4.74 Å². The summed E-state index contributed by atoms with van der Waals surface area (Å²) in [6, 6.07) is 13.3. The van der Waals surface area contributed by atoms with Crippen LogP contribution in [0.4, 0.5) is 47.6 Å². The lowest BCUT2D eigenvalue weighted by molar-refractivity contribution is -0.141. The van der Waals surface area contributed by atoms with E-state index in [1.165, 1.54) is 29.7 Å². The summed E-state index contributed by atoms with van der Waals surface area (Å²) in [6.45, 7) is 0.658. The van der Waals surface area contributed by atoms with Gasteiger partial charge in [0.15, 0.2) is 5.13 Å². The highest BCUT2D eigenvalue weighted by atomic mass is 32.1. The minimum Gasteiger partial charge on any atom is -0.439 e. The molecule has 1 fully saturated rings. The first-order valence-corrected chi connectivity index (χ1v) is 15.0. The van der Waals surface area contributed by atoms with Crippen molar-refractivity contribution in [1.82, 2.24) is 15.0 Å². The van der Waals surface area contributed by atoms with Crippen LogP contribution in [-0.4, -0.2) is 33.4 Å². The van der Waals surface area contributed by atoms with Crippen molar-refractivity contribution < 1.29 is 40.7 Å². The zero-order valence-electron chi connectivity index (χ0n) is 24.4. The molecule has 0 radical (unpaired) electrons. The Kier molecular flexibility index (Phi) is 8.75. The summed E-state index contributed by atoms with van der Waals surface area (Å²) >= 11 is 1.42. The standard InChI is InChI=1S/C32H22F6N6O3S/c33-31(34,35)20-6-10-23(19-5-11-26(39-15-19)32(36,37)38)24(14-20)43-29(46)42-21-7-12-27(40-16-21)47-22-8-3-18(4-9-22)25-17-41-30(48-25)44-13-1-2-28(44)45/h3-12,14-17H,1-2,13H2,(H2,42,43,46). The maximum Gasteiger partial charge on any atom is 0.433 e. The van der Waals surface area contributed by atoms with Gasteiger partial charge in [-0.1, -0.05) is 23.5 Å². The van der Waals surface area contributed by atoms with Crippen LogP contribution in [0.3, 0.4) is 0 Å². The van der Waals surface area contributed by atoms with Crippen LogP contribution in [0.15, 0.2) is 85.3 Å². The molecule has 48 heavy (non-hydrogen) atoms. The predicted octanol–water partition coefficient (Wildman–Crippen LogP) is 8.87. The number of hydrogen-bond donors (Lipinski definition) is 2. The van der Waals surface area contributed by atoms with Gasteiger partial charge in [-0.3, -0.25) is 14.7 Å². The third-order valence-corrected chi connectivity index (χ3v) is 8.18. The summed E-state index contributed by atoms with van der Waals surface area (Å²) in [6.07, 6.45) is -4.28. The van der Waals surface area contributed by atoms with Crippen molar-refractivity contribution in [2.45, 2.75) is 25.2 Å². The first-order valence-electron chi connectivity index (χ1n) is 14.2. The predicted molar refractivity (Wildman–Crippen MR) is 166 cm³/mol. The largest absolute Gasteiger partial charge is 0.439 e. The number of carbonyl (C=O) groups excluding carboxylic acids is 2. The van der Waals surface area contributed by atoms with Crippen LogP contribution in [-0.2, 0) is 17.1 Å². The molecule has 2 N–H and O–H groups in total. The second-order valence-electron chi connectivity index (χ2n) is 10.4. The average molecular weight is 685 g/mol. The van der Waals surface area contributed by atoms with E-state index in [0.717, 1.165) is 41.3 Å². The Morgan fingerprint density at radius 1 is 0.812 bits per heavy atom. The number of carbonyl (C=O) groups is 2. The van der Waals surface area contributed by atoms with Crippen molar-refractivity contribution in [2.24, 2.45) is 0 Å². The molecule has 0 spiro atoms.